The first-order valence-electron chi connectivity index (χ1n) is 8.49. The summed E-state index contributed by atoms with van der Waals surface area (Å²) in [6.45, 7) is 3.51. The Labute approximate surface area is 137 Å². The van der Waals surface area contributed by atoms with E-state index in [1.807, 2.05) is 0 Å². The lowest BCUT2D eigenvalue weighted by Gasteiger charge is -2.35. The molecule has 2 N–H and O–H groups in total. The van der Waals surface area contributed by atoms with Crippen LogP contribution in [0.25, 0.3) is 0 Å². The predicted molar refractivity (Wildman–Crippen MR) is 86.7 cm³/mol. The van der Waals surface area contributed by atoms with Crippen LogP contribution in [0.1, 0.15) is 58.8 Å². The van der Waals surface area contributed by atoms with Gasteiger partial charge in [-0.25, -0.2) is 8.42 Å². The summed E-state index contributed by atoms with van der Waals surface area (Å²) >= 11 is 0. The molecule has 2 saturated carbocycles. The molecule has 7 heteroatoms. The molecular weight excluding hydrogens is 318 g/mol. The van der Waals surface area contributed by atoms with Crippen molar-refractivity contribution in [2.75, 3.05) is 0 Å². The highest BCUT2D eigenvalue weighted by atomic mass is 32.2. The van der Waals surface area contributed by atoms with E-state index >= 15 is 0 Å². The lowest BCUT2D eigenvalue weighted by Crippen LogP contribution is -2.53. The fourth-order valence-corrected chi connectivity index (χ4v) is 6.18. The van der Waals surface area contributed by atoms with Crippen molar-refractivity contribution in [1.29, 1.82) is 0 Å². The highest BCUT2D eigenvalue weighted by Crippen LogP contribution is 2.31. The van der Waals surface area contributed by atoms with Crippen molar-refractivity contribution in [3.05, 3.63) is 0 Å². The molecule has 6 nitrogen and oxygen atoms in total. The molecule has 0 spiro atoms. The van der Waals surface area contributed by atoms with E-state index in [-0.39, 0.29) is 12.0 Å². The highest BCUT2D eigenvalue weighted by molar-refractivity contribution is 7.93. The molecule has 23 heavy (non-hydrogen) atoms. The Morgan fingerprint density at radius 1 is 1.09 bits per heavy atom. The molecule has 0 aliphatic heterocycles. The Kier molecular flexibility index (Phi) is 5.70. The fourth-order valence-electron chi connectivity index (χ4n) is 3.65. The Balaban J connectivity index is 2.03. The van der Waals surface area contributed by atoms with Gasteiger partial charge in [-0.05, 0) is 31.6 Å². The van der Waals surface area contributed by atoms with Crippen LogP contribution in [0.2, 0.25) is 0 Å². The zero-order chi connectivity index (χ0) is 17.2. The summed E-state index contributed by atoms with van der Waals surface area (Å²) in [6.07, 6.45) is 4.92. The van der Waals surface area contributed by atoms with E-state index in [1.54, 1.807) is 13.8 Å². The Morgan fingerprint density at radius 2 is 1.65 bits per heavy atom. The topological polar surface area (TPSA) is 101 Å². The van der Waals surface area contributed by atoms with Gasteiger partial charge in [-0.1, -0.05) is 33.1 Å². The van der Waals surface area contributed by atoms with E-state index in [2.05, 4.69) is 5.32 Å². The van der Waals surface area contributed by atoms with Crippen molar-refractivity contribution in [2.24, 2.45) is 11.8 Å². The van der Waals surface area contributed by atoms with Crippen LogP contribution in [0.3, 0.4) is 0 Å². The van der Waals surface area contributed by atoms with Crippen molar-refractivity contribution in [3.63, 3.8) is 0 Å². The number of nitrogens with one attached hydrogen (secondary N) is 1. The number of aliphatic carboxylic acids is 1. The van der Waals surface area contributed by atoms with Gasteiger partial charge in [0.2, 0.25) is 5.91 Å². The summed E-state index contributed by atoms with van der Waals surface area (Å²) in [6, 6.07) is -0.216. The molecule has 132 valence electrons. The summed E-state index contributed by atoms with van der Waals surface area (Å²) in [5.41, 5.74) is 0. The fraction of sp³-hybridized carbons (Fsp3) is 0.875. The molecule has 1 atom stereocenters. The number of rotatable bonds is 6. The largest absolute Gasteiger partial charge is 0.481 e. The second-order valence-corrected chi connectivity index (χ2v) is 9.58. The lowest BCUT2D eigenvalue weighted by atomic mass is 9.80. The molecule has 0 radical (unpaired) electrons. The van der Waals surface area contributed by atoms with Crippen LogP contribution in [0, 0.1) is 11.8 Å². The van der Waals surface area contributed by atoms with E-state index in [0.717, 1.165) is 19.3 Å². The number of hydrogen-bond acceptors (Lipinski definition) is 4. The van der Waals surface area contributed by atoms with E-state index in [0.29, 0.717) is 25.7 Å². The Bertz CT molecular complexity index is 545. The highest BCUT2D eigenvalue weighted by Gasteiger charge is 2.43. The first-order valence-corrected chi connectivity index (χ1v) is 10.1. The van der Waals surface area contributed by atoms with Gasteiger partial charge in [0.25, 0.3) is 0 Å². The maximum atomic E-state index is 12.9. The quantitative estimate of drug-likeness (QED) is 0.763. The van der Waals surface area contributed by atoms with Crippen LogP contribution in [-0.2, 0) is 19.4 Å². The second-order valence-electron chi connectivity index (χ2n) is 7.23. The van der Waals surface area contributed by atoms with E-state index in [4.69, 9.17) is 5.11 Å². The molecule has 2 aliphatic rings. The maximum absolute atomic E-state index is 12.9. The van der Waals surface area contributed by atoms with Crippen LogP contribution < -0.4 is 5.32 Å². The van der Waals surface area contributed by atoms with Crippen LogP contribution >= 0.6 is 0 Å². The van der Waals surface area contributed by atoms with Crippen LogP contribution in [0.15, 0.2) is 0 Å². The summed E-state index contributed by atoms with van der Waals surface area (Å²) < 4.78 is 25.7. The molecule has 0 aromatic heterocycles. The van der Waals surface area contributed by atoms with Gasteiger partial charge in [-0.3, -0.25) is 9.59 Å². The third-order valence-corrected chi connectivity index (χ3v) is 7.94. The number of carboxylic acid groups (broad SMARTS) is 1. The molecule has 1 amide bonds. The lowest BCUT2D eigenvalue weighted by molar-refractivity contribution is -0.146. The first-order chi connectivity index (χ1) is 10.7. The first kappa shape index (κ1) is 18.2. The van der Waals surface area contributed by atoms with Crippen molar-refractivity contribution in [1.82, 2.24) is 5.32 Å². The van der Waals surface area contributed by atoms with E-state index in [1.165, 1.54) is 0 Å². The van der Waals surface area contributed by atoms with Crippen LogP contribution in [0.4, 0.5) is 0 Å². The van der Waals surface area contributed by atoms with Crippen molar-refractivity contribution in [3.8, 4) is 0 Å². The van der Waals surface area contributed by atoms with Gasteiger partial charge in [-0.2, -0.15) is 0 Å². The minimum Gasteiger partial charge on any atom is -0.481 e. The van der Waals surface area contributed by atoms with Gasteiger partial charge in [0.15, 0.2) is 9.84 Å². The average Bonchev–Trinajstić information content (AvgIpc) is 2.42. The van der Waals surface area contributed by atoms with Gasteiger partial charge in [0, 0.05) is 6.04 Å². The molecule has 2 rings (SSSR count). The predicted octanol–water partition coefficient (Wildman–Crippen LogP) is 1.74. The summed E-state index contributed by atoms with van der Waals surface area (Å²) in [4.78, 5) is 23.3. The Hall–Kier alpha value is -1.11. The van der Waals surface area contributed by atoms with Gasteiger partial charge in [0.1, 0.15) is 5.25 Å². The number of hydrogen-bond donors (Lipinski definition) is 2. The number of amides is 1. The molecule has 0 heterocycles. The van der Waals surface area contributed by atoms with Gasteiger partial charge in [-0.15, -0.1) is 0 Å². The summed E-state index contributed by atoms with van der Waals surface area (Å²) in [5.74, 6) is -2.03. The normalized spacial score (nSPS) is 27.3. The maximum Gasteiger partial charge on any atom is 0.306 e. The average molecular weight is 345 g/mol. The van der Waals surface area contributed by atoms with Crippen molar-refractivity contribution in [2.45, 2.75) is 75.3 Å². The third-order valence-electron chi connectivity index (χ3n) is 5.07. The minimum atomic E-state index is -3.51. The number of carbonyl (C=O) groups excluding carboxylic acids is 1. The number of sulfone groups is 1. The van der Waals surface area contributed by atoms with E-state index in [9.17, 15) is 18.0 Å². The van der Waals surface area contributed by atoms with Gasteiger partial charge >= 0.3 is 5.97 Å². The number of carboxylic acids is 1. The van der Waals surface area contributed by atoms with Gasteiger partial charge < -0.3 is 10.4 Å². The third kappa shape index (κ3) is 4.05. The molecule has 0 aromatic carbocycles. The van der Waals surface area contributed by atoms with Crippen molar-refractivity contribution < 1.29 is 23.1 Å². The van der Waals surface area contributed by atoms with Crippen LogP contribution in [-0.4, -0.2) is 41.9 Å². The van der Waals surface area contributed by atoms with E-state index < -0.39 is 38.1 Å². The smallest absolute Gasteiger partial charge is 0.306 e. The van der Waals surface area contributed by atoms with Crippen molar-refractivity contribution >= 4 is 21.7 Å². The second kappa shape index (κ2) is 7.20. The molecule has 0 aromatic rings. The zero-order valence-electron chi connectivity index (χ0n) is 13.8. The Morgan fingerprint density at radius 3 is 2.13 bits per heavy atom. The number of carbonyl (C=O) groups is 2. The molecule has 1 unspecified atom stereocenters. The van der Waals surface area contributed by atoms with Crippen LogP contribution in [0.5, 0.6) is 0 Å². The molecule has 0 bridgehead atoms. The standard InChI is InChI=1S/C16H27NO5S/c1-10(2)14(23(21,22)13-6-4-3-5-7-13)15(18)17-12-8-11(9-12)16(19)20/h10-14H,3-9H2,1-2H3,(H,17,18)(H,19,20). The summed E-state index contributed by atoms with van der Waals surface area (Å²) in [5, 5.41) is 10.2. The SMILES string of the molecule is CC(C)C(C(=O)NC1CC(C(=O)O)C1)S(=O)(=O)C1CCCCC1. The molecule has 2 fully saturated rings. The molecule has 0 saturated heterocycles. The molecular formula is C16H27NO5S. The zero-order valence-corrected chi connectivity index (χ0v) is 14.6. The van der Waals surface area contributed by atoms with Gasteiger partial charge in [0.05, 0.1) is 11.2 Å². The minimum absolute atomic E-state index is 0.216. The monoisotopic (exact) mass is 345 g/mol. The summed E-state index contributed by atoms with van der Waals surface area (Å²) in [7, 11) is -3.51. The molecule has 2 aliphatic carbocycles.